The van der Waals surface area contributed by atoms with Crippen LogP contribution in [0.3, 0.4) is 0 Å². The monoisotopic (exact) mass is 280 g/mol. The minimum atomic E-state index is -0.231. The molecule has 3 heteroatoms. The average Bonchev–Trinajstić information content (AvgIpc) is 2.66. The molecule has 0 radical (unpaired) electrons. The molecule has 0 aromatic heterocycles. The van der Waals surface area contributed by atoms with E-state index in [-0.39, 0.29) is 11.2 Å². The van der Waals surface area contributed by atoms with Gasteiger partial charge < -0.3 is 4.74 Å². The van der Waals surface area contributed by atoms with Gasteiger partial charge in [-0.3, -0.25) is 0 Å². The smallest absolute Gasteiger partial charge is 0.128 e. The zero-order valence-corrected chi connectivity index (χ0v) is 13.2. The van der Waals surface area contributed by atoms with Gasteiger partial charge >= 0.3 is 0 Å². The molecule has 4 rings (SSSR count). The maximum atomic E-state index is 6.10. The molecule has 2 fully saturated rings. The summed E-state index contributed by atoms with van der Waals surface area (Å²) in [6.07, 6.45) is 9.33. The van der Waals surface area contributed by atoms with Gasteiger partial charge in [0.2, 0.25) is 0 Å². The van der Waals surface area contributed by atoms with Crippen molar-refractivity contribution in [2.45, 2.75) is 57.7 Å². The van der Waals surface area contributed by atoms with E-state index in [9.17, 15) is 0 Å². The van der Waals surface area contributed by atoms with E-state index in [0.717, 1.165) is 13.0 Å². The van der Waals surface area contributed by atoms with Gasteiger partial charge in [-0.25, -0.2) is 9.78 Å². The van der Waals surface area contributed by atoms with Gasteiger partial charge in [-0.15, -0.1) is 0 Å². The van der Waals surface area contributed by atoms with E-state index >= 15 is 0 Å². The van der Waals surface area contributed by atoms with Gasteiger partial charge in [-0.2, -0.15) is 0 Å². The Bertz CT molecular complexity index is 394. The molecule has 6 atom stereocenters. The highest BCUT2D eigenvalue weighted by Gasteiger charge is 2.57. The van der Waals surface area contributed by atoms with Crippen molar-refractivity contribution < 1.29 is 14.5 Å². The first-order chi connectivity index (χ1) is 9.51. The molecule has 2 aliphatic carbocycles. The molecule has 0 unspecified atom stereocenters. The predicted octanol–water partition coefficient (Wildman–Crippen LogP) is 3.74. The first kappa shape index (κ1) is 14.6. The number of fused-ring (bicyclic) bond motifs is 2. The lowest BCUT2D eigenvalue weighted by Crippen LogP contribution is -2.54. The van der Waals surface area contributed by atoms with Gasteiger partial charge in [0.1, 0.15) is 11.2 Å². The normalized spacial score (nSPS) is 48.7. The maximum Gasteiger partial charge on any atom is 0.128 e. The van der Waals surface area contributed by atoms with Crippen molar-refractivity contribution in [1.82, 2.24) is 0 Å². The summed E-state index contributed by atoms with van der Waals surface area (Å²) in [5, 5.41) is 0. The second-order valence-electron chi connectivity index (χ2n) is 7.41. The van der Waals surface area contributed by atoms with Crippen LogP contribution in [0.4, 0.5) is 0 Å². The number of ether oxygens (including phenoxy) is 1. The van der Waals surface area contributed by atoms with Crippen molar-refractivity contribution in [3.05, 3.63) is 12.2 Å². The third-order valence-electron chi connectivity index (χ3n) is 5.92. The molecule has 0 amide bonds. The maximum absolute atomic E-state index is 6.10. The first-order valence-corrected chi connectivity index (χ1v) is 8.07. The molecule has 1 saturated heterocycles. The average molecular weight is 280 g/mol. The van der Waals surface area contributed by atoms with Crippen molar-refractivity contribution in [1.29, 1.82) is 0 Å². The highest BCUT2D eigenvalue weighted by atomic mass is 17.2. The summed E-state index contributed by atoms with van der Waals surface area (Å²) >= 11 is 0. The molecule has 2 bridgehead atoms. The summed E-state index contributed by atoms with van der Waals surface area (Å²) in [5.74, 6) is 2.25. The molecule has 114 valence electrons. The molecule has 2 heterocycles. The number of methoxy groups -OCH3 is 1. The third kappa shape index (κ3) is 2.15. The zero-order chi connectivity index (χ0) is 14.4. The molecule has 2 aliphatic heterocycles. The van der Waals surface area contributed by atoms with Crippen LogP contribution in [0, 0.1) is 23.7 Å². The van der Waals surface area contributed by atoms with Crippen molar-refractivity contribution in [3.63, 3.8) is 0 Å². The van der Waals surface area contributed by atoms with Crippen LogP contribution in [0.15, 0.2) is 12.2 Å². The van der Waals surface area contributed by atoms with Crippen LogP contribution in [-0.4, -0.2) is 24.9 Å². The van der Waals surface area contributed by atoms with Crippen LogP contribution < -0.4 is 0 Å². The molecule has 0 aromatic rings. The Morgan fingerprint density at radius 1 is 1.25 bits per heavy atom. The van der Waals surface area contributed by atoms with E-state index in [2.05, 4.69) is 32.9 Å². The Balaban J connectivity index is 1.96. The fraction of sp³-hybridized carbons (Fsp3) is 0.882. The molecular formula is C17H28O3. The summed E-state index contributed by atoms with van der Waals surface area (Å²) < 4.78 is 5.40. The third-order valence-corrected chi connectivity index (χ3v) is 5.92. The Morgan fingerprint density at radius 2 is 2.05 bits per heavy atom. The second-order valence-corrected chi connectivity index (χ2v) is 7.41. The number of hydrogen-bond donors (Lipinski definition) is 0. The Kier molecular flexibility index (Phi) is 3.72. The van der Waals surface area contributed by atoms with Gasteiger partial charge in [0, 0.05) is 13.7 Å². The molecule has 0 N–H and O–H groups in total. The van der Waals surface area contributed by atoms with Crippen LogP contribution in [0.1, 0.15) is 46.5 Å². The van der Waals surface area contributed by atoms with Crippen LogP contribution in [-0.2, 0) is 14.5 Å². The van der Waals surface area contributed by atoms with Crippen LogP contribution in [0.2, 0.25) is 0 Å². The van der Waals surface area contributed by atoms with Gasteiger partial charge in [-0.05, 0) is 56.3 Å². The lowest BCUT2D eigenvalue weighted by atomic mass is 9.60. The standard InChI is InChI=1S/C17H28O3/c1-12-5-6-14(13(2)11-18-4)17-10-9-16(3,19-20-17)8-7-15(12)17/h9-10,12-15H,5-8,11H2,1-4H3/t12-,13+,14+,15+,16-,17+/m1/s1. The van der Waals surface area contributed by atoms with E-state index in [0.29, 0.717) is 23.7 Å². The lowest BCUT2D eigenvalue weighted by molar-refractivity contribution is -0.414. The summed E-state index contributed by atoms with van der Waals surface area (Å²) in [4.78, 5) is 11.9. The Labute approximate surface area is 122 Å². The predicted molar refractivity (Wildman–Crippen MR) is 78.1 cm³/mol. The summed E-state index contributed by atoms with van der Waals surface area (Å²) in [7, 11) is 1.79. The topological polar surface area (TPSA) is 27.7 Å². The second kappa shape index (κ2) is 5.11. The zero-order valence-electron chi connectivity index (χ0n) is 13.2. The van der Waals surface area contributed by atoms with E-state index in [1.165, 1.54) is 19.3 Å². The molecule has 1 spiro atoms. The van der Waals surface area contributed by atoms with E-state index in [1.807, 2.05) is 0 Å². The van der Waals surface area contributed by atoms with Crippen molar-refractivity contribution in [3.8, 4) is 0 Å². The van der Waals surface area contributed by atoms with Gasteiger partial charge in [-0.1, -0.05) is 26.0 Å². The lowest BCUT2D eigenvalue weighted by Gasteiger charge is -2.51. The molecule has 3 nitrogen and oxygen atoms in total. The van der Waals surface area contributed by atoms with Gasteiger partial charge in [0.05, 0.1) is 0 Å². The minimum Gasteiger partial charge on any atom is -0.384 e. The Morgan fingerprint density at radius 3 is 2.70 bits per heavy atom. The summed E-state index contributed by atoms with van der Waals surface area (Å²) in [5.41, 5.74) is -0.455. The van der Waals surface area contributed by atoms with Crippen molar-refractivity contribution in [2.24, 2.45) is 23.7 Å². The molecule has 1 saturated carbocycles. The van der Waals surface area contributed by atoms with Crippen molar-refractivity contribution in [2.75, 3.05) is 13.7 Å². The molecule has 0 aromatic carbocycles. The van der Waals surface area contributed by atoms with E-state index in [1.54, 1.807) is 7.11 Å². The van der Waals surface area contributed by atoms with Crippen LogP contribution in [0.25, 0.3) is 0 Å². The van der Waals surface area contributed by atoms with E-state index < -0.39 is 0 Å². The van der Waals surface area contributed by atoms with Gasteiger partial charge in [0.25, 0.3) is 0 Å². The molecular weight excluding hydrogens is 252 g/mol. The Hall–Kier alpha value is -0.380. The summed E-state index contributed by atoms with van der Waals surface area (Å²) in [6, 6.07) is 0. The highest BCUT2D eigenvalue weighted by Crippen LogP contribution is 2.55. The highest BCUT2D eigenvalue weighted by molar-refractivity contribution is 5.20. The molecule has 20 heavy (non-hydrogen) atoms. The minimum absolute atomic E-state index is 0.225. The largest absolute Gasteiger partial charge is 0.384 e. The first-order valence-electron chi connectivity index (χ1n) is 8.07. The van der Waals surface area contributed by atoms with Crippen LogP contribution >= 0.6 is 0 Å². The van der Waals surface area contributed by atoms with Crippen molar-refractivity contribution >= 4 is 0 Å². The van der Waals surface area contributed by atoms with E-state index in [4.69, 9.17) is 14.5 Å². The fourth-order valence-corrected chi connectivity index (χ4v) is 4.67. The number of hydrogen-bond acceptors (Lipinski definition) is 3. The summed E-state index contributed by atoms with van der Waals surface area (Å²) in [6.45, 7) is 7.58. The SMILES string of the molecule is COC[C@H](C)[C@@H]1CC[C@@H](C)[C@@H]2CC[C@]3(C)C=C[C@@]21OO3. The fourth-order valence-electron chi connectivity index (χ4n) is 4.67. The van der Waals surface area contributed by atoms with Crippen LogP contribution in [0.5, 0.6) is 0 Å². The van der Waals surface area contributed by atoms with Gasteiger partial charge in [0.15, 0.2) is 0 Å². The quantitative estimate of drug-likeness (QED) is 0.582. The molecule has 4 aliphatic rings. The number of rotatable bonds is 3.